The molecule has 428 valence electrons. The maximum absolute atomic E-state index is 15.0. The van der Waals surface area contributed by atoms with Crippen LogP contribution in [-0.2, 0) is 28.7 Å². The molecule has 2 atom stereocenters. The van der Waals surface area contributed by atoms with Crippen molar-refractivity contribution in [1.82, 2.24) is 15.1 Å². The zero-order chi connectivity index (χ0) is 55.3. The van der Waals surface area contributed by atoms with Gasteiger partial charge in [-0.1, -0.05) is 179 Å². The predicted octanol–water partition coefficient (Wildman–Crippen LogP) is 16.7. The summed E-state index contributed by atoms with van der Waals surface area (Å²) in [7, 11) is 0. The fourth-order valence-corrected chi connectivity index (χ4v) is 10.9. The Morgan fingerprint density at radius 2 is 1.09 bits per heavy atom. The van der Waals surface area contributed by atoms with Gasteiger partial charge in [-0.3, -0.25) is 19.2 Å². The number of allylic oxidation sites excluding steroid dienone is 12. The van der Waals surface area contributed by atoms with Crippen LogP contribution >= 0.6 is 0 Å². The SMILES string of the molecule is CC/C=C\C/C=C\C/C=C\C/C=C\C/C=C\C/C=C\CCC.CCCC(CCC)COC(=O)CCCC(CCCC(=O)OCC(CCC)CCC)(C(=O)NC12CC=C(CC(C)C1)C2)N(C=O)CCCCN(CC)CC. The molecule has 2 rings (SSSR count). The lowest BCUT2D eigenvalue weighted by atomic mass is 9.76. The Morgan fingerprint density at radius 3 is 1.52 bits per heavy atom. The van der Waals surface area contributed by atoms with E-state index in [2.05, 4.69) is 152 Å². The molecule has 9 nitrogen and oxygen atoms in total. The van der Waals surface area contributed by atoms with Gasteiger partial charge in [0.25, 0.3) is 0 Å². The van der Waals surface area contributed by atoms with Gasteiger partial charge in [-0.2, -0.15) is 0 Å². The smallest absolute Gasteiger partial charge is 0.305 e. The fourth-order valence-electron chi connectivity index (χ4n) is 10.9. The monoisotopic (exact) mass is 1040 g/mol. The van der Waals surface area contributed by atoms with E-state index in [9.17, 15) is 19.2 Å². The lowest BCUT2D eigenvalue weighted by Gasteiger charge is -2.45. The van der Waals surface area contributed by atoms with Crippen LogP contribution in [0.4, 0.5) is 0 Å². The molecule has 0 spiro atoms. The van der Waals surface area contributed by atoms with Crippen molar-refractivity contribution in [1.29, 1.82) is 0 Å². The number of hydrogen-bond acceptors (Lipinski definition) is 7. The molecule has 0 aromatic rings. The van der Waals surface area contributed by atoms with Gasteiger partial charge in [-0.25, -0.2) is 0 Å². The van der Waals surface area contributed by atoms with Crippen molar-refractivity contribution >= 4 is 24.3 Å². The first kappa shape index (κ1) is 69.0. The molecular formula is C66H113N3O6. The molecule has 2 amide bonds. The second-order valence-electron chi connectivity index (χ2n) is 21.7. The van der Waals surface area contributed by atoms with Gasteiger partial charge in [-0.15, -0.1) is 0 Å². The molecule has 2 aliphatic carbocycles. The highest BCUT2D eigenvalue weighted by Gasteiger charge is 2.48. The number of ether oxygens (including phenoxy) is 2. The molecular weight excluding hydrogens is 931 g/mol. The molecule has 75 heavy (non-hydrogen) atoms. The summed E-state index contributed by atoms with van der Waals surface area (Å²) in [6, 6.07) is 0. The first-order valence-corrected chi connectivity index (χ1v) is 30.6. The number of fused-ring (bicyclic) bond motifs is 2. The van der Waals surface area contributed by atoms with Crippen LogP contribution in [0.15, 0.2) is 84.6 Å². The van der Waals surface area contributed by atoms with E-state index in [1.807, 2.05) is 0 Å². The van der Waals surface area contributed by atoms with Crippen LogP contribution in [0.2, 0.25) is 0 Å². The number of esters is 2. The molecule has 2 bridgehead atoms. The molecule has 1 fully saturated rings. The first-order chi connectivity index (χ1) is 36.4. The number of rotatable bonds is 44. The van der Waals surface area contributed by atoms with E-state index in [0.29, 0.717) is 63.2 Å². The first-order valence-electron chi connectivity index (χ1n) is 30.6. The van der Waals surface area contributed by atoms with Crippen LogP contribution in [0, 0.1) is 17.8 Å². The number of nitrogens with zero attached hydrogens (tertiary/aromatic N) is 2. The lowest BCUT2D eigenvalue weighted by molar-refractivity contribution is -0.148. The number of hydrogen-bond donors (Lipinski definition) is 1. The summed E-state index contributed by atoms with van der Waals surface area (Å²) in [5.74, 6) is 0.525. The molecule has 0 heterocycles. The Balaban J connectivity index is 0.00000107. The van der Waals surface area contributed by atoms with Crippen molar-refractivity contribution in [2.24, 2.45) is 17.8 Å². The standard InChI is InChI=1S/C44H79N3O6.C22H34/c1-8-18-37(19-9-2)33-52-40(49)22-16-25-44(47(35-48)29-15-14-28-46(12-5)13-6,26-17-23-41(50)53-34-38(20-10-3)21-11-4)42(51)45-43-27-24-39(32-43)30-36(7)31-43;1-3-5-7-9-11-13-15-17-19-21-22-20-18-16-14-12-10-8-6-4-2/h24,35-38H,8-23,25-34H2,1-7H3,(H,45,51);5,7-8,10-11,13-14,16-17,19-20,22H,3-4,6,9,12,15,18,21H2,1-2H3/b;7-5-,10-8-,13-11-,16-14-,19-17-,22-20-. The van der Waals surface area contributed by atoms with E-state index in [4.69, 9.17) is 9.47 Å². The summed E-state index contributed by atoms with van der Waals surface area (Å²) in [6.07, 6.45) is 54.2. The molecule has 1 N–H and O–H groups in total. The number of amides is 2. The van der Waals surface area contributed by atoms with Gasteiger partial charge in [0, 0.05) is 24.9 Å². The van der Waals surface area contributed by atoms with E-state index >= 15 is 0 Å². The number of carbonyl (C=O) groups is 4. The molecule has 0 aliphatic heterocycles. The van der Waals surface area contributed by atoms with Gasteiger partial charge in [0.05, 0.1) is 13.2 Å². The zero-order valence-corrected chi connectivity index (χ0v) is 49.7. The summed E-state index contributed by atoms with van der Waals surface area (Å²) in [5.41, 5.74) is -0.154. The molecule has 0 saturated heterocycles. The van der Waals surface area contributed by atoms with Gasteiger partial charge < -0.3 is 24.6 Å². The van der Waals surface area contributed by atoms with E-state index in [0.717, 1.165) is 154 Å². The number of nitrogens with one attached hydrogen (secondary N) is 1. The second kappa shape index (κ2) is 45.1. The number of carbonyl (C=O) groups excluding carboxylic acids is 4. The third-order valence-corrected chi connectivity index (χ3v) is 14.9. The average Bonchev–Trinajstić information content (AvgIpc) is 3.70. The maximum atomic E-state index is 15.0. The molecule has 0 radical (unpaired) electrons. The van der Waals surface area contributed by atoms with Gasteiger partial charge in [0.15, 0.2) is 0 Å². The molecule has 0 aromatic carbocycles. The molecule has 1 saturated carbocycles. The number of unbranched alkanes of at least 4 members (excludes halogenated alkanes) is 2. The summed E-state index contributed by atoms with van der Waals surface area (Å²) in [5, 5.41) is 3.52. The minimum atomic E-state index is -1.20. The van der Waals surface area contributed by atoms with Gasteiger partial charge >= 0.3 is 11.9 Å². The average molecular weight is 1040 g/mol. The Kier molecular flexibility index (Phi) is 41.5. The highest BCUT2D eigenvalue weighted by atomic mass is 16.5. The Hall–Kier alpha value is -3.98. The summed E-state index contributed by atoms with van der Waals surface area (Å²) < 4.78 is 11.5. The minimum Gasteiger partial charge on any atom is -0.465 e. The van der Waals surface area contributed by atoms with Crippen LogP contribution in [0.25, 0.3) is 0 Å². The van der Waals surface area contributed by atoms with Gasteiger partial charge in [-0.05, 0) is 172 Å². The van der Waals surface area contributed by atoms with Crippen LogP contribution in [0.1, 0.15) is 242 Å². The van der Waals surface area contributed by atoms with Crippen molar-refractivity contribution in [3.05, 3.63) is 84.6 Å². The normalized spacial score (nSPS) is 16.9. The van der Waals surface area contributed by atoms with Crippen molar-refractivity contribution in [2.45, 2.75) is 253 Å². The zero-order valence-electron chi connectivity index (χ0n) is 49.7. The van der Waals surface area contributed by atoms with Crippen LogP contribution < -0.4 is 5.32 Å². The Labute approximate surface area is 461 Å². The highest BCUT2D eigenvalue weighted by molar-refractivity contribution is 5.89. The topological polar surface area (TPSA) is 105 Å². The fraction of sp³-hybridized carbons (Fsp3) is 0.727. The van der Waals surface area contributed by atoms with Gasteiger partial charge in [0.2, 0.25) is 12.3 Å². The van der Waals surface area contributed by atoms with E-state index < -0.39 is 5.54 Å². The molecule has 2 unspecified atom stereocenters. The Morgan fingerprint density at radius 1 is 0.640 bits per heavy atom. The van der Waals surface area contributed by atoms with Crippen LogP contribution in [0.3, 0.4) is 0 Å². The van der Waals surface area contributed by atoms with Crippen molar-refractivity contribution < 1.29 is 28.7 Å². The summed E-state index contributed by atoms with van der Waals surface area (Å²) >= 11 is 0. The molecule has 0 aromatic heterocycles. The third kappa shape index (κ3) is 31.7. The highest BCUT2D eigenvalue weighted by Crippen LogP contribution is 2.44. The summed E-state index contributed by atoms with van der Waals surface area (Å²) in [6.45, 7) is 23.7. The van der Waals surface area contributed by atoms with Crippen LogP contribution in [-0.4, -0.2) is 84.5 Å². The minimum absolute atomic E-state index is 0.157. The largest absolute Gasteiger partial charge is 0.465 e. The predicted molar refractivity (Wildman–Crippen MR) is 318 cm³/mol. The van der Waals surface area contributed by atoms with Crippen molar-refractivity contribution in [3.8, 4) is 0 Å². The van der Waals surface area contributed by atoms with Crippen molar-refractivity contribution in [2.75, 3.05) is 39.4 Å². The summed E-state index contributed by atoms with van der Waals surface area (Å²) in [4.78, 5) is 58.3. The maximum Gasteiger partial charge on any atom is 0.305 e. The second-order valence-corrected chi connectivity index (χ2v) is 21.7. The molecule has 2 aliphatic rings. The van der Waals surface area contributed by atoms with Crippen molar-refractivity contribution in [3.63, 3.8) is 0 Å². The quantitative estimate of drug-likeness (QED) is 0.0280. The van der Waals surface area contributed by atoms with E-state index in [-0.39, 0.29) is 36.2 Å². The third-order valence-electron chi connectivity index (χ3n) is 14.9. The Bertz CT molecular complexity index is 1660. The molecule has 9 heteroatoms. The van der Waals surface area contributed by atoms with Gasteiger partial charge in [0.1, 0.15) is 5.54 Å². The van der Waals surface area contributed by atoms with E-state index in [1.165, 1.54) is 18.4 Å². The van der Waals surface area contributed by atoms with Crippen LogP contribution in [0.5, 0.6) is 0 Å². The lowest BCUT2D eigenvalue weighted by Crippen LogP contribution is -2.63. The van der Waals surface area contributed by atoms with E-state index in [1.54, 1.807) is 4.90 Å².